The van der Waals surface area contributed by atoms with E-state index >= 15 is 0 Å². The van der Waals surface area contributed by atoms with Gasteiger partial charge in [-0.25, -0.2) is 22.2 Å². The van der Waals surface area contributed by atoms with Crippen LogP contribution in [0.5, 0.6) is 17.2 Å². The molecule has 2 aromatic carbocycles. The number of methoxy groups -OCH3 is 3. The summed E-state index contributed by atoms with van der Waals surface area (Å²) in [7, 11) is -2.37. The predicted octanol–water partition coefficient (Wildman–Crippen LogP) is 3.31. The molecule has 0 aliphatic rings. The van der Waals surface area contributed by atoms with Gasteiger partial charge in [0.1, 0.15) is 5.75 Å². The molecule has 0 aliphatic heterocycles. The molecule has 4 rings (SSSR count). The lowest BCUT2D eigenvalue weighted by Crippen LogP contribution is -2.18. The standard InChI is InChI=1S/C23H21N3O8S2.C2H4F2O/c1-32-20-11-12-24-18(22(20)33-2)14-35(29)23-25-17-5-3-4-6-19(17)26(23)36(30,31)16-9-7-15(8-10-16)34-13-21(27)28;1-5-2(3)4/h3-12H,13-14H2,1-2H3,(H,27,28);2H,1H3. The van der Waals surface area contributed by atoms with Crippen LogP contribution in [0.15, 0.2) is 70.8 Å². The average molecular weight is 614 g/mol. The molecular formula is C25H25F2N3O9S2. The number of ether oxygens (including phenoxy) is 4. The Morgan fingerprint density at radius 3 is 2.29 bits per heavy atom. The molecule has 1 N–H and O–H groups in total. The Labute approximate surface area is 236 Å². The number of aliphatic carboxylic acids is 1. The van der Waals surface area contributed by atoms with Crippen LogP contribution in [0, 0.1) is 0 Å². The minimum absolute atomic E-state index is 0.122. The molecule has 0 bridgehead atoms. The number of aromatic nitrogens is 3. The first kappa shape index (κ1) is 31.4. The summed E-state index contributed by atoms with van der Waals surface area (Å²) in [5.74, 6) is -0.472. The Bertz CT molecular complexity index is 1630. The van der Waals surface area contributed by atoms with Gasteiger partial charge >= 0.3 is 12.6 Å². The van der Waals surface area contributed by atoms with Gasteiger partial charge in [0, 0.05) is 19.4 Å². The normalized spacial score (nSPS) is 12.0. The van der Waals surface area contributed by atoms with Crippen molar-refractivity contribution in [2.45, 2.75) is 22.4 Å². The zero-order valence-electron chi connectivity index (χ0n) is 21.9. The van der Waals surface area contributed by atoms with Gasteiger partial charge in [-0.05, 0) is 36.4 Å². The van der Waals surface area contributed by atoms with Crippen LogP contribution in [0.2, 0.25) is 0 Å². The summed E-state index contributed by atoms with van der Waals surface area (Å²) in [5.41, 5.74) is 0.903. The number of nitrogens with zero attached hydrogens (tertiary/aromatic N) is 3. The summed E-state index contributed by atoms with van der Waals surface area (Å²) in [6.07, 6.45) is 1.47. The first-order chi connectivity index (χ1) is 19.5. The van der Waals surface area contributed by atoms with Gasteiger partial charge in [0.15, 0.2) is 18.1 Å². The van der Waals surface area contributed by atoms with Crippen molar-refractivity contribution in [2.75, 3.05) is 27.9 Å². The maximum atomic E-state index is 13.7. The Morgan fingerprint density at radius 2 is 1.71 bits per heavy atom. The van der Waals surface area contributed by atoms with E-state index in [1.807, 2.05) is 0 Å². The largest absolute Gasteiger partial charge is 0.493 e. The number of pyridine rings is 1. The predicted molar refractivity (Wildman–Crippen MR) is 142 cm³/mol. The third kappa shape index (κ3) is 7.53. The zero-order chi connectivity index (χ0) is 30.2. The van der Waals surface area contributed by atoms with Crippen molar-refractivity contribution in [1.29, 1.82) is 0 Å². The number of imidazole rings is 1. The van der Waals surface area contributed by atoms with E-state index in [1.165, 1.54) is 44.7 Å². The molecule has 1 atom stereocenters. The van der Waals surface area contributed by atoms with Crippen molar-refractivity contribution in [3.8, 4) is 17.2 Å². The first-order valence-electron chi connectivity index (χ1n) is 11.5. The number of rotatable bonds is 11. The number of carboxylic acid groups (broad SMARTS) is 1. The van der Waals surface area contributed by atoms with Crippen molar-refractivity contribution in [3.63, 3.8) is 0 Å². The van der Waals surface area contributed by atoms with Gasteiger partial charge in [0.2, 0.25) is 5.16 Å². The summed E-state index contributed by atoms with van der Waals surface area (Å²) in [6, 6.07) is 13.4. The smallest absolute Gasteiger partial charge is 0.345 e. The summed E-state index contributed by atoms with van der Waals surface area (Å²) in [5, 5.41) is 8.57. The minimum atomic E-state index is -4.25. The van der Waals surface area contributed by atoms with Crippen LogP contribution in [0.3, 0.4) is 0 Å². The molecule has 1 unspecified atom stereocenters. The highest BCUT2D eigenvalue weighted by Crippen LogP contribution is 2.32. The van der Waals surface area contributed by atoms with Crippen LogP contribution in [-0.2, 0) is 36.1 Å². The maximum Gasteiger partial charge on any atom is 0.345 e. The number of hydrogen-bond donors (Lipinski definition) is 1. The van der Waals surface area contributed by atoms with Crippen LogP contribution in [0.25, 0.3) is 11.0 Å². The number of alkyl halides is 2. The second-order valence-electron chi connectivity index (χ2n) is 7.79. The van der Waals surface area contributed by atoms with Gasteiger partial charge in [-0.2, -0.15) is 8.78 Å². The number of carboxylic acids is 1. The van der Waals surface area contributed by atoms with Crippen molar-refractivity contribution >= 4 is 37.8 Å². The maximum absolute atomic E-state index is 13.7. The minimum Gasteiger partial charge on any atom is -0.493 e. The van der Waals surface area contributed by atoms with Gasteiger partial charge in [0.25, 0.3) is 10.0 Å². The van der Waals surface area contributed by atoms with Gasteiger partial charge < -0.3 is 24.1 Å². The quantitative estimate of drug-likeness (QED) is 0.265. The van der Waals surface area contributed by atoms with E-state index in [0.717, 1.165) is 11.1 Å². The highest BCUT2D eigenvalue weighted by molar-refractivity contribution is 7.91. The van der Waals surface area contributed by atoms with Crippen LogP contribution >= 0.6 is 0 Å². The van der Waals surface area contributed by atoms with E-state index in [9.17, 15) is 26.2 Å². The van der Waals surface area contributed by atoms with Crippen LogP contribution in [0.1, 0.15) is 5.69 Å². The number of carbonyl (C=O) groups is 1. The molecule has 4 aromatic rings. The first-order valence-corrected chi connectivity index (χ1v) is 14.2. The molecule has 12 nitrogen and oxygen atoms in total. The van der Waals surface area contributed by atoms with Gasteiger partial charge in [-0.1, -0.05) is 12.1 Å². The molecule has 0 fully saturated rings. The number of para-hydroxylation sites is 2. The average Bonchev–Trinajstić information content (AvgIpc) is 3.37. The summed E-state index contributed by atoms with van der Waals surface area (Å²) in [6.45, 7) is -3.18. The zero-order valence-corrected chi connectivity index (χ0v) is 23.5. The lowest BCUT2D eigenvalue weighted by atomic mass is 10.3. The Morgan fingerprint density at radius 1 is 1.05 bits per heavy atom. The molecule has 0 saturated carbocycles. The van der Waals surface area contributed by atoms with Gasteiger partial charge in [-0.3, -0.25) is 9.19 Å². The fourth-order valence-corrected chi connectivity index (χ4v) is 6.42. The van der Waals surface area contributed by atoms with E-state index in [2.05, 4.69) is 14.7 Å². The monoisotopic (exact) mass is 613 g/mol. The van der Waals surface area contributed by atoms with E-state index in [-0.39, 0.29) is 32.8 Å². The third-order valence-electron chi connectivity index (χ3n) is 5.23. The molecule has 0 saturated heterocycles. The van der Waals surface area contributed by atoms with Crippen molar-refractivity contribution in [2.24, 2.45) is 0 Å². The molecule has 2 heterocycles. The third-order valence-corrected chi connectivity index (χ3v) is 8.28. The Hall–Kier alpha value is -4.15. The number of benzene rings is 2. The van der Waals surface area contributed by atoms with E-state index in [1.54, 1.807) is 30.3 Å². The molecule has 2 aromatic heterocycles. The van der Waals surface area contributed by atoms with Gasteiger partial charge in [-0.15, -0.1) is 0 Å². The molecular weight excluding hydrogens is 588 g/mol. The second kappa shape index (κ2) is 14.0. The highest BCUT2D eigenvalue weighted by atomic mass is 32.2. The second-order valence-corrected chi connectivity index (χ2v) is 10.9. The number of hydrogen-bond acceptors (Lipinski definition) is 10. The Balaban J connectivity index is 0.000000850. The lowest BCUT2D eigenvalue weighted by molar-refractivity contribution is -0.139. The summed E-state index contributed by atoms with van der Waals surface area (Å²) in [4.78, 5) is 19.2. The van der Waals surface area contributed by atoms with Crippen LogP contribution in [-0.4, -0.2) is 72.2 Å². The van der Waals surface area contributed by atoms with E-state index in [4.69, 9.17) is 19.3 Å². The highest BCUT2D eigenvalue weighted by Gasteiger charge is 2.28. The topological polar surface area (TPSA) is 156 Å². The Kier molecular flexibility index (Phi) is 10.7. The van der Waals surface area contributed by atoms with E-state index in [0.29, 0.717) is 17.0 Å². The fraction of sp³-hybridized carbons (Fsp3) is 0.240. The summed E-state index contributed by atoms with van der Waals surface area (Å²) < 4.78 is 82.0. The van der Waals surface area contributed by atoms with Gasteiger partial charge in [0.05, 0.1) is 52.4 Å². The SMILES string of the molecule is COC(F)F.COc1ccnc(CS(=O)c2nc3ccccc3n2S(=O)(=O)c2ccc(OCC(=O)O)cc2)c1OC. The molecule has 16 heteroatoms. The van der Waals surface area contributed by atoms with Crippen LogP contribution in [0.4, 0.5) is 8.78 Å². The van der Waals surface area contributed by atoms with Crippen LogP contribution < -0.4 is 14.2 Å². The number of fused-ring (bicyclic) bond motifs is 1. The molecule has 41 heavy (non-hydrogen) atoms. The number of halogens is 2. The molecule has 220 valence electrons. The van der Waals surface area contributed by atoms with Crippen molar-refractivity contribution in [1.82, 2.24) is 13.9 Å². The molecule has 0 aliphatic carbocycles. The van der Waals surface area contributed by atoms with E-state index < -0.39 is 40.0 Å². The molecule has 0 amide bonds. The fourth-order valence-electron chi connectivity index (χ4n) is 3.46. The molecule has 0 spiro atoms. The van der Waals surface area contributed by atoms with Crippen molar-refractivity contribution in [3.05, 3.63) is 66.5 Å². The van der Waals surface area contributed by atoms with Crippen molar-refractivity contribution < 1.29 is 50.3 Å². The lowest BCUT2D eigenvalue weighted by Gasteiger charge is -2.13. The summed E-state index contributed by atoms with van der Waals surface area (Å²) >= 11 is 0. The molecule has 0 radical (unpaired) electrons.